The van der Waals surface area contributed by atoms with Gasteiger partial charge in [0.25, 0.3) is 0 Å². The van der Waals surface area contributed by atoms with Crippen LogP contribution in [-0.2, 0) is 74.8 Å². The number of hydrogen-bond acceptors (Lipinski definition) is 9. The smallest absolute Gasteiger partial charge is 0.376 e. The van der Waals surface area contributed by atoms with Gasteiger partial charge in [-0.15, -0.1) is 0 Å². The van der Waals surface area contributed by atoms with E-state index in [0.717, 1.165) is 0 Å². The average Bonchev–Trinajstić information content (AvgIpc) is 2.64. The summed E-state index contributed by atoms with van der Waals surface area (Å²) >= 11 is 0. The Hall–Kier alpha value is 0.684. The number of methoxy groups -OCH3 is 5. The fourth-order valence-corrected chi connectivity index (χ4v) is 3.94. The second-order valence-corrected chi connectivity index (χ2v) is 7.11. The molecule has 1 fully saturated rings. The van der Waals surface area contributed by atoms with Gasteiger partial charge in [0.2, 0.25) is 0 Å². The Labute approximate surface area is 185 Å². The molecule has 1 rings (SSSR count). The quantitative estimate of drug-likeness (QED) is 0.413. The van der Waals surface area contributed by atoms with Gasteiger partial charge in [-0.2, -0.15) is 0 Å². The number of carbonyl (C=O) groups excluding carboxylic acids is 1. The monoisotopic (exact) mass is 489 g/mol. The van der Waals surface area contributed by atoms with Crippen molar-refractivity contribution in [1.29, 1.82) is 0 Å². The van der Waals surface area contributed by atoms with Gasteiger partial charge in [0.05, 0.1) is 0 Å². The first-order valence-corrected chi connectivity index (χ1v) is 9.61. The van der Waals surface area contributed by atoms with E-state index in [-0.39, 0.29) is 44.9 Å². The van der Waals surface area contributed by atoms with Gasteiger partial charge in [0, 0.05) is 74.7 Å². The SMILES string of the molecule is CCC(=O)COP(=O)(O)OC1C(OC)C(OC)C(OC)C(OC)C1OC.[Y]. The van der Waals surface area contributed by atoms with Crippen molar-refractivity contribution in [3.8, 4) is 0 Å². The minimum absolute atomic E-state index is 0. The molecule has 1 aliphatic rings. The molecule has 0 aromatic heterocycles. The summed E-state index contributed by atoms with van der Waals surface area (Å²) in [6, 6.07) is 0. The van der Waals surface area contributed by atoms with Crippen molar-refractivity contribution in [2.75, 3.05) is 42.2 Å². The molecule has 0 saturated heterocycles. The summed E-state index contributed by atoms with van der Waals surface area (Å²) in [5.41, 5.74) is 0. The standard InChI is InChI=1S/C15H29O10P.Y/c1-7-9(16)8-24-26(17,18)25-15-13(22-5)11(20-3)10(19-2)12(21-4)14(15)23-6;/h10-15H,7-8H2,1-6H3,(H,17,18);. The minimum atomic E-state index is -4.56. The van der Waals surface area contributed by atoms with E-state index in [2.05, 4.69) is 0 Å². The molecule has 0 amide bonds. The van der Waals surface area contributed by atoms with Crippen LogP contribution in [0.1, 0.15) is 13.3 Å². The van der Waals surface area contributed by atoms with Crippen LogP contribution in [0.3, 0.4) is 0 Å². The van der Waals surface area contributed by atoms with Crippen LogP contribution in [0.25, 0.3) is 0 Å². The summed E-state index contributed by atoms with van der Waals surface area (Å²) in [6.07, 6.45) is -4.41. The van der Waals surface area contributed by atoms with E-state index in [4.69, 9.17) is 32.7 Å². The van der Waals surface area contributed by atoms with Crippen LogP contribution >= 0.6 is 7.82 Å². The van der Waals surface area contributed by atoms with Crippen LogP contribution in [0, 0.1) is 0 Å². The van der Waals surface area contributed by atoms with E-state index in [0.29, 0.717) is 0 Å². The van der Waals surface area contributed by atoms with E-state index >= 15 is 0 Å². The van der Waals surface area contributed by atoms with E-state index in [1.807, 2.05) is 0 Å². The summed E-state index contributed by atoms with van der Waals surface area (Å²) < 4.78 is 49.6. The zero-order valence-electron chi connectivity index (χ0n) is 16.5. The third-order valence-electron chi connectivity index (χ3n) is 4.34. The maximum Gasteiger partial charge on any atom is 0.473 e. The molecular formula is C15H29O10PY. The summed E-state index contributed by atoms with van der Waals surface area (Å²) in [7, 11) is 2.64. The van der Waals surface area contributed by atoms with E-state index in [1.165, 1.54) is 35.5 Å². The normalized spacial score (nSPS) is 33.1. The molecule has 0 aromatic rings. The van der Waals surface area contributed by atoms with Crippen molar-refractivity contribution in [3.63, 3.8) is 0 Å². The predicted octanol–water partition coefficient (Wildman–Crippen LogP) is 0.554. The van der Waals surface area contributed by atoms with Crippen LogP contribution in [-0.4, -0.2) is 89.5 Å². The van der Waals surface area contributed by atoms with Gasteiger partial charge in [-0.3, -0.25) is 13.8 Å². The molecule has 1 aliphatic carbocycles. The molecule has 1 saturated carbocycles. The van der Waals surface area contributed by atoms with E-state index < -0.39 is 51.1 Å². The third-order valence-corrected chi connectivity index (χ3v) is 5.31. The summed E-state index contributed by atoms with van der Waals surface area (Å²) in [5, 5.41) is 0. The molecule has 0 aliphatic heterocycles. The maximum atomic E-state index is 12.3. The second-order valence-electron chi connectivity index (χ2n) is 5.71. The molecule has 27 heavy (non-hydrogen) atoms. The fraction of sp³-hybridized carbons (Fsp3) is 0.933. The van der Waals surface area contributed by atoms with Gasteiger partial charge in [-0.05, 0) is 0 Å². The topological polar surface area (TPSA) is 119 Å². The first-order chi connectivity index (χ1) is 12.3. The number of ketones is 1. The van der Waals surface area contributed by atoms with Crippen LogP contribution in [0.2, 0.25) is 0 Å². The Morgan fingerprint density at radius 1 is 0.815 bits per heavy atom. The molecule has 1 radical (unpaired) electrons. The third kappa shape index (κ3) is 7.15. The first kappa shape index (κ1) is 27.7. The molecule has 157 valence electrons. The Kier molecular flexibility index (Phi) is 13.4. The summed E-state index contributed by atoms with van der Waals surface area (Å²) in [5.74, 6) is -0.331. The van der Waals surface area contributed by atoms with E-state index in [9.17, 15) is 14.3 Å². The molecule has 0 bridgehead atoms. The zero-order chi connectivity index (χ0) is 19.9. The summed E-state index contributed by atoms with van der Waals surface area (Å²) in [6.45, 7) is 1.09. The van der Waals surface area contributed by atoms with Gasteiger partial charge in [0.15, 0.2) is 5.78 Å². The van der Waals surface area contributed by atoms with Gasteiger partial charge < -0.3 is 28.6 Å². The van der Waals surface area contributed by atoms with Gasteiger partial charge >= 0.3 is 7.82 Å². The minimum Gasteiger partial charge on any atom is -0.376 e. The molecule has 12 heteroatoms. The Balaban J connectivity index is 0.00000676. The largest absolute Gasteiger partial charge is 0.473 e. The first-order valence-electron chi connectivity index (χ1n) is 8.11. The van der Waals surface area contributed by atoms with Crippen molar-refractivity contribution in [2.45, 2.75) is 50.0 Å². The van der Waals surface area contributed by atoms with Crippen LogP contribution in [0.4, 0.5) is 0 Å². The molecule has 0 heterocycles. The Morgan fingerprint density at radius 2 is 1.15 bits per heavy atom. The molecule has 10 nitrogen and oxygen atoms in total. The van der Waals surface area contributed by atoms with Crippen LogP contribution in [0.15, 0.2) is 0 Å². The second kappa shape index (κ2) is 13.1. The van der Waals surface area contributed by atoms with Crippen molar-refractivity contribution in [1.82, 2.24) is 0 Å². The fourth-order valence-electron chi connectivity index (χ4n) is 3.02. The molecule has 1 N–H and O–H groups in total. The zero-order valence-corrected chi connectivity index (χ0v) is 20.3. The van der Waals surface area contributed by atoms with Gasteiger partial charge in [-0.25, -0.2) is 4.57 Å². The number of Topliss-reactive ketones (excluding diaryl/α,β-unsaturated/α-hetero) is 1. The van der Waals surface area contributed by atoms with Crippen molar-refractivity contribution in [2.24, 2.45) is 0 Å². The van der Waals surface area contributed by atoms with Crippen molar-refractivity contribution < 1.29 is 79.7 Å². The molecule has 5 atom stereocenters. The number of rotatable bonds is 11. The number of ether oxygens (including phenoxy) is 5. The Bertz CT molecular complexity index is 473. The summed E-state index contributed by atoms with van der Waals surface area (Å²) in [4.78, 5) is 21.4. The Morgan fingerprint density at radius 3 is 1.44 bits per heavy atom. The number of phosphoric acid groups is 1. The van der Waals surface area contributed by atoms with Crippen LogP contribution in [0.5, 0.6) is 0 Å². The molecular weight excluding hydrogens is 460 g/mol. The molecule has 0 spiro atoms. The molecule has 0 aromatic carbocycles. The number of hydrogen-bond donors (Lipinski definition) is 1. The van der Waals surface area contributed by atoms with Crippen molar-refractivity contribution in [3.05, 3.63) is 0 Å². The van der Waals surface area contributed by atoms with Gasteiger partial charge in [0.1, 0.15) is 43.2 Å². The van der Waals surface area contributed by atoms with Crippen molar-refractivity contribution >= 4 is 13.6 Å². The van der Waals surface area contributed by atoms with Crippen LogP contribution < -0.4 is 0 Å². The number of phosphoric ester groups is 1. The predicted molar refractivity (Wildman–Crippen MR) is 89.9 cm³/mol. The average molecular weight is 489 g/mol. The maximum absolute atomic E-state index is 12.3. The number of carbonyl (C=O) groups is 1. The van der Waals surface area contributed by atoms with E-state index in [1.54, 1.807) is 6.92 Å². The van der Waals surface area contributed by atoms with Gasteiger partial charge in [-0.1, -0.05) is 6.92 Å². The molecule has 5 unspecified atom stereocenters.